The molecule has 1 aromatic rings. The molecule has 8 heteroatoms. The number of nitro benzene ring substituents is 1. The number of carbonyl (C=O) groups is 2. The van der Waals surface area contributed by atoms with E-state index in [0.717, 1.165) is 6.07 Å². The molecule has 0 aliphatic rings. The standard InChI is InChI=1S/C14H18N2O6/c1-4-14(3,13(18)19)15-12(17)9-6-7-11(22-5-2)10(8-9)16(20)21/h6-8H,4-5H2,1-3H3,(H,15,17)(H,18,19). The van der Waals surface area contributed by atoms with Gasteiger partial charge in [-0.25, -0.2) is 4.79 Å². The van der Waals surface area contributed by atoms with E-state index in [1.54, 1.807) is 13.8 Å². The molecule has 0 heterocycles. The molecule has 120 valence electrons. The Bertz CT molecular complexity index is 601. The quantitative estimate of drug-likeness (QED) is 0.587. The van der Waals surface area contributed by atoms with E-state index in [1.807, 2.05) is 0 Å². The van der Waals surface area contributed by atoms with E-state index < -0.39 is 22.3 Å². The Morgan fingerprint density at radius 3 is 2.50 bits per heavy atom. The largest absolute Gasteiger partial charge is 0.487 e. The van der Waals surface area contributed by atoms with Crippen LogP contribution in [0.15, 0.2) is 18.2 Å². The van der Waals surface area contributed by atoms with Crippen LogP contribution in [0.5, 0.6) is 5.75 Å². The Balaban J connectivity index is 3.12. The summed E-state index contributed by atoms with van der Waals surface area (Å²) in [6.45, 7) is 4.93. The molecule has 0 fully saturated rings. The van der Waals surface area contributed by atoms with E-state index in [4.69, 9.17) is 9.84 Å². The highest BCUT2D eigenvalue weighted by atomic mass is 16.6. The second kappa shape index (κ2) is 6.88. The van der Waals surface area contributed by atoms with Crippen molar-refractivity contribution in [2.24, 2.45) is 0 Å². The summed E-state index contributed by atoms with van der Waals surface area (Å²) in [7, 11) is 0. The van der Waals surface area contributed by atoms with Crippen LogP contribution >= 0.6 is 0 Å². The Morgan fingerprint density at radius 1 is 1.41 bits per heavy atom. The van der Waals surface area contributed by atoms with Crippen molar-refractivity contribution in [3.8, 4) is 5.75 Å². The number of rotatable bonds is 7. The molecule has 0 bridgehead atoms. The zero-order valence-corrected chi connectivity index (χ0v) is 12.6. The normalized spacial score (nSPS) is 13.0. The molecule has 0 aliphatic carbocycles. The number of nitrogens with one attached hydrogen (secondary N) is 1. The fraction of sp³-hybridized carbons (Fsp3) is 0.429. The lowest BCUT2D eigenvalue weighted by Gasteiger charge is -2.24. The number of amides is 1. The molecule has 0 saturated heterocycles. The molecule has 0 aromatic heterocycles. The van der Waals surface area contributed by atoms with Crippen molar-refractivity contribution in [2.45, 2.75) is 32.7 Å². The maximum Gasteiger partial charge on any atom is 0.329 e. The van der Waals surface area contributed by atoms with Crippen LogP contribution in [0.3, 0.4) is 0 Å². The van der Waals surface area contributed by atoms with Gasteiger partial charge in [-0.15, -0.1) is 0 Å². The molecular weight excluding hydrogens is 292 g/mol. The van der Waals surface area contributed by atoms with Crippen LogP contribution in [-0.2, 0) is 4.79 Å². The lowest BCUT2D eigenvalue weighted by molar-refractivity contribution is -0.385. The average Bonchev–Trinajstić information content (AvgIpc) is 2.47. The van der Waals surface area contributed by atoms with Gasteiger partial charge in [0.1, 0.15) is 5.54 Å². The van der Waals surface area contributed by atoms with Crippen LogP contribution < -0.4 is 10.1 Å². The lowest BCUT2D eigenvalue weighted by atomic mass is 9.98. The summed E-state index contributed by atoms with van der Waals surface area (Å²) >= 11 is 0. The SMILES string of the molecule is CCOc1ccc(C(=O)NC(C)(CC)C(=O)O)cc1[N+](=O)[O-]. The monoisotopic (exact) mass is 310 g/mol. The van der Waals surface area contributed by atoms with Crippen molar-refractivity contribution >= 4 is 17.6 Å². The molecule has 1 aromatic carbocycles. The van der Waals surface area contributed by atoms with Crippen molar-refractivity contribution < 1.29 is 24.4 Å². The molecule has 22 heavy (non-hydrogen) atoms. The van der Waals surface area contributed by atoms with Crippen molar-refractivity contribution in [3.63, 3.8) is 0 Å². The van der Waals surface area contributed by atoms with Gasteiger partial charge in [-0.05, 0) is 32.4 Å². The van der Waals surface area contributed by atoms with Crippen LogP contribution in [0.25, 0.3) is 0 Å². The predicted octanol–water partition coefficient (Wildman–Crippen LogP) is 1.98. The number of carboxylic acid groups (broad SMARTS) is 1. The van der Waals surface area contributed by atoms with Crippen LogP contribution in [0.2, 0.25) is 0 Å². The molecule has 2 N–H and O–H groups in total. The van der Waals surface area contributed by atoms with Gasteiger partial charge in [0.2, 0.25) is 0 Å². The van der Waals surface area contributed by atoms with Gasteiger partial charge in [-0.1, -0.05) is 6.92 Å². The summed E-state index contributed by atoms with van der Waals surface area (Å²) in [5.74, 6) is -1.82. The third-order valence-corrected chi connectivity index (χ3v) is 3.29. The summed E-state index contributed by atoms with van der Waals surface area (Å²) in [5.41, 5.74) is -1.79. The van der Waals surface area contributed by atoms with E-state index >= 15 is 0 Å². The molecule has 0 aliphatic heterocycles. The minimum Gasteiger partial charge on any atom is -0.487 e. The van der Waals surface area contributed by atoms with E-state index in [-0.39, 0.29) is 30.0 Å². The van der Waals surface area contributed by atoms with Crippen LogP contribution in [0.1, 0.15) is 37.6 Å². The van der Waals surface area contributed by atoms with Gasteiger partial charge < -0.3 is 15.2 Å². The number of aliphatic carboxylic acids is 1. The van der Waals surface area contributed by atoms with Crippen LogP contribution in [-0.4, -0.2) is 34.1 Å². The molecule has 1 amide bonds. The number of ether oxygens (including phenoxy) is 1. The van der Waals surface area contributed by atoms with Gasteiger partial charge in [0.15, 0.2) is 5.75 Å². The maximum atomic E-state index is 12.1. The topological polar surface area (TPSA) is 119 Å². The summed E-state index contributed by atoms with van der Waals surface area (Å²) in [5, 5.41) is 22.5. The molecular formula is C14H18N2O6. The minimum atomic E-state index is -1.44. The van der Waals surface area contributed by atoms with Gasteiger partial charge in [0.25, 0.3) is 5.91 Å². The highest BCUT2D eigenvalue weighted by Gasteiger charge is 2.33. The first-order valence-corrected chi connectivity index (χ1v) is 6.72. The molecule has 1 rings (SSSR count). The van der Waals surface area contributed by atoms with Crippen LogP contribution in [0, 0.1) is 10.1 Å². The smallest absolute Gasteiger partial charge is 0.329 e. The fourth-order valence-electron chi connectivity index (χ4n) is 1.69. The van der Waals surface area contributed by atoms with E-state index in [2.05, 4.69) is 5.32 Å². The number of nitro groups is 1. The molecule has 8 nitrogen and oxygen atoms in total. The molecule has 0 saturated carbocycles. The van der Waals surface area contributed by atoms with Crippen molar-refractivity contribution in [1.82, 2.24) is 5.32 Å². The number of carbonyl (C=O) groups excluding carboxylic acids is 1. The minimum absolute atomic E-state index is 0.00363. The summed E-state index contributed by atoms with van der Waals surface area (Å²) in [4.78, 5) is 33.7. The zero-order valence-electron chi connectivity index (χ0n) is 12.6. The zero-order chi connectivity index (χ0) is 16.9. The molecule has 1 atom stereocenters. The van der Waals surface area contributed by atoms with Crippen molar-refractivity contribution in [2.75, 3.05) is 6.61 Å². The molecule has 0 radical (unpaired) electrons. The number of carboxylic acids is 1. The maximum absolute atomic E-state index is 12.1. The number of hydrogen-bond donors (Lipinski definition) is 2. The molecule has 1 unspecified atom stereocenters. The Labute approximate surface area is 127 Å². The highest BCUT2D eigenvalue weighted by molar-refractivity contribution is 5.98. The van der Waals surface area contributed by atoms with E-state index in [1.165, 1.54) is 19.1 Å². The molecule has 0 spiro atoms. The van der Waals surface area contributed by atoms with Gasteiger partial charge >= 0.3 is 11.7 Å². The van der Waals surface area contributed by atoms with E-state index in [9.17, 15) is 19.7 Å². The van der Waals surface area contributed by atoms with Gasteiger partial charge in [-0.3, -0.25) is 14.9 Å². The number of benzene rings is 1. The van der Waals surface area contributed by atoms with Gasteiger partial charge in [-0.2, -0.15) is 0 Å². The third kappa shape index (κ3) is 3.72. The fourth-order valence-corrected chi connectivity index (χ4v) is 1.69. The number of nitrogens with zero attached hydrogens (tertiary/aromatic N) is 1. The second-order valence-electron chi connectivity index (χ2n) is 4.82. The first-order valence-electron chi connectivity index (χ1n) is 6.72. The first-order chi connectivity index (χ1) is 10.2. The summed E-state index contributed by atoms with van der Waals surface area (Å²) in [6.07, 6.45) is 0.174. The van der Waals surface area contributed by atoms with Crippen molar-refractivity contribution in [3.05, 3.63) is 33.9 Å². The number of hydrogen-bond acceptors (Lipinski definition) is 5. The predicted molar refractivity (Wildman–Crippen MR) is 78.1 cm³/mol. The lowest BCUT2D eigenvalue weighted by Crippen LogP contribution is -2.51. The highest BCUT2D eigenvalue weighted by Crippen LogP contribution is 2.28. The van der Waals surface area contributed by atoms with E-state index in [0.29, 0.717) is 0 Å². The van der Waals surface area contributed by atoms with Crippen molar-refractivity contribution in [1.29, 1.82) is 0 Å². The van der Waals surface area contributed by atoms with Crippen LogP contribution in [0.4, 0.5) is 5.69 Å². The van der Waals surface area contributed by atoms with Gasteiger partial charge in [0, 0.05) is 11.6 Å². The first kappa shape index (κ1) is 17.4. The summed E-state index contributed by atoms with van der Waals surface area (Å²) in [6, 6.07) is 3.74. The summed E-state index contributed by atoms with van der Waals surface area (Å²) < 4.78 is 5.13. The Morgan fingerprint density at radius 2 is 2.05 bits per heavy atom. The average molecular weight is 310 g/mol. The Kier molecular flexibility index (Phi) is 5.44. The second-order valence-corrected chi connectivity index (χ2v) is 4.82. The third-order valence-electron chi connectivity index (χ3n) is 3.29. The van der Waals surface area contributed by atoms with Gasteiger partial charge in [0.05, 0.1) is 11.5 Å². The Hall–Kier alpha value is -2.64.